The number of nitrogens with zero attached hydrogens (tertiary/aromatic N) is 1. The van der Waals surface area contributed by atoms with E-state index in [4.69, 9.17) is 5.11 Å². The van der Waals surface area contributed by atoms with Crippen molar-refractivity contribution in [2.24, 2.45) is 0 Å². The second-order valence-corrected chi connectivity index (χ2v) is 4.26. The van der Waals surface area contributed by atoms with Crippen molar-refractivity contribution < 1.29 is 19.5 Å². The smallest absolute Gasteiger partial charge is 0.326 e. The summed E-state index contributed by atoms with van der Waals surface area (Å²) >= 11 is 0. The normalized spacial score (nSPS) is 16.6. The van der Waals surface area contributed by atoms with E-state index in [0.29, 0.717) is 13.1 Å². The molecule has 1 aliphatic heterocycles. The van der Waals surface area contributed by atoms with Crippen molar-refractivity contribution in [3.05, 3.63) is 0 Å². The Bertz CT molecular complexity index is 342. The number of hydrogen-bond donors (Lipinski definition) is 4. The van der Waals surface area contributed by atoms with E-state index >= 15 is 0 Å². The minimum absolute atomic E-state index is 0.123. The zero-order chi connectivity index (χ0) is 14.3. The van der Waals surface area contributed by atoms with Gasteiger partial charge >= 0.3 is 12.0 Å². The van der Waals surface area contributed by atoms with E-state index in [2.05, 4.69) is 16.0 Å². The fourth-order valence-electron chi connectivity index (χ4n) is 1.73. The van der Waals surface area contributed by atoms with Gasteiger partial charge in [-0.1, -0.05) is 6.92 Å². The Labute approximate surface area is 111 Å². The highest BCUT2D eigenvalue weighted by Crippen LogP contribution is 1.93. The van der Waals surface area contributed by atoms with Gasteiger partial charge in [0, 0.05) is 26.2 Å². The molecule has 0 aromatic rings. The van der Waals surface area contributed by atoms with Crippen LogP contribution in [-0.2, 0) is 9.59 Å². The largest absolute Gasteiger partial charge is 0.480 e. The molecular weight excluding hydrogens is 252 g/mol. The first-order chi connectivity index (χ1) is 9.04. The zero-order valence-electron chi connectivity index (χ0n) is 10.9. The van der Waals surface area contributed by atoms with Gasteiger partial charge in [-0.25, -0.2) is 9.59 Å². The van der Waals surface area contributed by atoms with Crippen molar-refractivity contribution >= 4 is 17.9 Å². The maximum atomic E-state index is 11.7. The Kier molecular flexibility index (Phi) is 6.07. The fraction of sp³-hybridized carbons (Fsp3) is 0.727. The molecule has 1 heterocycles. The lowest BCUT2D eigenvalue weighted by atomic mass is 10.2. The highest BCUT2D eigenvalue weighted by molar-refractivity contribution is 5.86. The van der Waals surface area contributed by atoms with Crippen LogP contribution >= 0.6 is 0 Å². The first-order valence-corrected chi connectivity index (χ1v) is 6.30. The molecule has 0 spiro atoms. The minimum atomic E-state index is -1.09. The molecule has 0 unspecified atom stereocenters. The third-order valence-corrected chi connectivity index (χ3v) is 2.88. The second-order valence-electron chi connectivity index (χ2n) is 4.26. The van der Waals surface area contributed by atoms with Crippen molar-refractivity contribution in [3.63, 3.8) is 0 Å². The van der Waals surface area contributed by atoms with Crippen LogP contribution in [0.3, 0.4) is 0 Å². The van der Waals surface area contributed by atoms with Gasteiger partial charge in [-0.05, 0) is 6.42 Å². The van der Waals surface area contributed by atoms with E-state index in [9.17, 15) is 14.4 Å². The number of urea groups is 1. The second kappa shape index (κ2) is 7.57. The summed E-state index contributed by atoms with van der Waals surface area (Å²) in [6.45, 7) is 4.26. The van der Waals surface area contributed by atoms with Gasteiger partial charge in [0.1, 0.15) is 6.04 Å². The third kappa shape index (κ3) is 5.12. The van der Waals surface area contributed by atoms with Crippen LogP contribution in [0.15, 0.2) is 0 Å². The zero-order valence-corrected chi connectivity index (χ0v) is 10.9. The monoisotopic (exact) mass is 272 g/mol. The molecule has 108 valence electrons. The standard InChI is InChI=1S/C11H20N4O4/c1-2-8(10(17)18)14-11(19)13-7-9(16)15-5-3-12-4-6-15/h8,12H,2-7H2,1H3,(H,17,18)(H2,13,14,19)/t8-/m0/s1. The summed E-state index contributed by atoms with van der Waals surface area (Å²) in [7, 11) is 0. The number of rotatable bonds is 5. The number of carbonyl (C=O) groups is 3. The predicted molar refractivity (Wildman–Crippen MR) is 67.7 cm³/mol. The summed E-state index contributed by atoms with van der Waals surface area (Å²) in [5.74, 6) is -1.26. The van der Waals surface area contributed by atoms with Crippen LogP contribution in [0.2, 0.25) is 0 Å². The molecule has 0 aromatic heterocycles. The Hall–Kier alpha value is -1.83. The predicted octanol–water partition coefficient (Wildman–Crippen LogP) is -1.42. The fourth-order valence-corrected chi connectivity index (χ4v) is 1.73. The summed E-state index contributed by atoms with van der Waals surface area (Å²) < 4.78 is 0. The van der Waals surface area contributed by atoms with Crippen LogP contribution in [0.4, 0.5) is 4.79 Å². The molecule has 19 heavy (non-hydrogen) atoms. The number of carbonyl (C=O) groups excluding carboxylic acids is 2. The molecule has 1 rings (SSSR count). The number of carboxylic acid groups (broad SMARTS) is 1. The number of carboxylic acids is 1. The van der Waals surface area contributed by atoms with E-state index < -0.39 is 18.0 Å². The minimum Gasteiger partial charge on any atom is -0.480 e. The van der Waals surface area contributed by atoms with Crippen LogP contribution in [0.5, 0.6) is 0 Å². The van der Waals surface area contributed by atoms with Crippen molar-refractivity contribution in [1.29, 1.82) is 0 Å². The molecule has 4 N–H and O–H groups in total. The van der Waals surface area contributed by atoms with Crippen LogP contribution in [0.1, 0.15) is 13.3 Å². The Morgan fingerprint density at radius 3 is 2.47 bits per heavy atom. The van der Waals surface area contributed by atoms with Crippen molar-refractivity contribution in [2.75, 3.05) is 32.7 Å². The topological polar surface area (TPSA) is 111 Å². The van der Waals surface area contributed by atoms with Gasteiger partial charge in [0.25, 0.3) is 0 Å². The quantitative estimate of drug-likeness (QED) is 0.491. The lowest BCUT2D eigenvalue weighted by Gasteiger charge is -2.27. The molecule has 1 aliphatic rings. The van der Waals surface area contributed by atoms with E-state index in [1.54, 1.807) is 11.8 Å². The highest BCUT2D eigenvalue weighted by atomic mass is 16.4. The number of hydrogen-bond acceptors (Lipinski definition) is 4. The third-order valence-electron chi connectivity index (χ3n) is 2.88. The Morgan fingerprint density at radius 1 is 1.32 bits per heavy atom. The van der Waals surface area contributed by atoms with E-state index in [1.165, 1.54) is 0 Å². The average molecular weight is 272 g/mol. The maximum Gasteiger partial charge on any atom is 0.326 e. The van der Waals surface area contributed by atoms with Crippen LogP contribution < -0.4 is 16.0 Å². The van der Waals surface area contributed by atoms with Gasteiger partial charge in [-0.2, -0.15) is 0 Å². The number of piperazine rings is 1. The molecule has 1 fully saturated rings. The average Bonchev–Trinajstić information content (AvgIpc) is 2.42. The summed E-state index contributed by atoms with van der Waals surface area (Å²) in [5.41, 5.74) is 0. The van der Waals surface area contributed by atoms with Crippen molar-refractivity contribution in [2.45, 2.75) is 19.4 Å². The molecule has 1 saturated heterocycles. The van der Waals surface area contributed by atoms with E-state index in [1.807, 2.05) is 0 Å². The number of aliphatic carboxylic acids is 1. The van der Waals surface area contributed by atoms with E-state index in [0.717, 1.165) is 13.1 Å². The molecule has 0 aliphatic carbocycles. The molecule has 3 amide bonds. The van der Waals surface area contributed by atoms with Crippen molar-refractivity contribution in [1.82, 2.24) is 20.9 Å². The first kappa shape index (κ1) is 15.2. The highest BCUT2D eigenvalue weighted by Gasteiger charge is 2.19. The van der Waals surface area contributed by atoms with Crippen LogP contribution in [0.25, 0.3) is 0 Å². The SMILES string of the molecule is CC[C@H](NC(=O)NCC(=O)N1CCNCC1)C(=O)O. The Balaban J connectivity index is 2.29. The molecule has 0 aromatic carbocycles. The molecule has 0 bridgehead atoms. The van der Waals surface area contributed by atoms with Crippen molar-refractivity contribution in [3.8, 4) is 0 Å². The Morgan fingerprint density at radius 2 is 1.95 bits per heavy atom. The lowest BCUT2D eigenvalue weighted by molar-refractivity contribution is -0.139. The van der Waals surface area contributed by atoms with Gasteiger partial charge in [0.2, 0.25) is 5.91 Å². The molecule has 1 atom stereocenters. The summed E-state index contributed by atoms with van der Waals surface area (Å²) in [6.07, 6.45) is 0.286. The van der Waals surface area contributed by atoms with Gasteiger partial charge in [-0.3, -0.25) is 4.79 Å². The number of nitrogens with one attached hydrogen (secondary N) is 3. The van der Waals surface area contributed by atoms with Gasteiger partial charge in [0.15, 0.2) is 0 Å². The molecule has 0 saturated carbocycles. The van der Waals surface area contributed by atoms with Crippen LogP contribution in [0, 0.1) is 0 Å². The van der Waals surface area contributed by atoms with Crippen LogP contribution in [-0.4, -0.2) is 66.7 Å². The molecule has 8 heteroatoms. The summed E-state index contributed by atoms with van der Waals surface area (Å²) in [4.78, 5) is 35.6. The summed E-state index contributed by atoms with van der Waals surface area (Å²) in [6, 6.07) is -1.58. The maximum absolute atomic E-state index is 11.7. The molecular formula is C11H20N4O4. The summed E-state index contributed by atoms with van der Waals surface area (Å²) in [5, 5.41) is 16.6. The molecule has 0 radical (unpaired) electrons. The lowest BCUT2D eigenvalue weighted by Crippen LogP contribution is -2.52. The number of amides is 3. The van der Waals surface area contributed by atoms with Gasteiger partial charge < -0.3 is 26.0 Å². The van der Waals surface area contributed by atoms with Gasteiger partial charge in [-0.15, -0.1) is 0 Å². The van der Waals surface area contributed by atoms with E-state index in [-0.39, 0.29) is 18.9 Å². The first-order valence-electron chi connectivity index (χ1n) is 6.30. The molecule has 8 nitrogen and oxygen atoms in total. The van der Waals surface area contributed by atoms with Gasteiger partial charge in [0.05, 0.1) is 6.54 Å².